The summed E-state index contributed by atoms with van der Waals surface area (Å²) in [7, 11) is 0. The number of nitrogens with two attached hydrogens (primary N) is 1. The average Bonchev–Trinajstić information content (AvgIpc) is 3.10. The van der Waals surface area contributed by atoms with E-state index < -0.39 is 11.9 Å². The lowest BCUT2D eigenvalue weighted by atomic mass is 10.0. The molecule has 1 amide bonds. The van der Waals surface area contributed by atoms with Crippen LogP contribution in [0.3, 0.4) is 0 Å². The number of carbonyl (C=O) groups is 1. The molecule has 0 aliphatic carbocycles. The minimum atomic E-state index is -0.523. The highest BCUT2D eigenvalue weighted by atomic mass is 16.1. The second-order valence-corrected chi connectivity index (χ2v) is 5.49. The Balaban J connectivity index is 1.75. The summed E-state index contributed by atoms with van der Waals surface area (Å²) in [5.41, 5.74) is 8.63. The molecule has 6 nitrogen and oxygen atoms in total. The van der Waals surface area contributed by atoms with E-state index in [0.717, 1.165) is 16.7 Å². The average molecular weight is 321 g/mol. The van der Waals surface area contributed by atoms with Crippen molar-refractivity contribution in [1.29, 1.82) is 0 Å². The largest absolute Gasteiger partial charge is 0.368 e. The zero-order valence-electron chi connectivity index (χ0n) is 13.2. The molecule has 0 radical (unpaired) electrons. The third-order valence-corrected chi connectivity index (χ3v) is 3.83. The highest BCUT2D eigenvalue weighted by Crippen LogP contribution is 2.15. The van der Waals surface area contributed by atoms with E-state index in [1.54, 1.807) is 11.0 Å². The van der Waals surface area contributed by atoms with Gasteiger partial charge < -0.3 is 5.73 Å². The van der Waals surface area contributed by atoms with Gasteiger partial charge >= 0.3 is 0 Å². The molecule has 24 heavy (non-hydrogen) atoms. The normalized spacial score (nSPS) is 12.0. The van der Waals surface area contributed by atoms with E-state index in [1.165, 1.54) is 6.33 Å². The zero-order chi connectivity index (χ0) is 16.8. The van der Waals surface area contributed by atoms with Crippen LogP contribution in [0.5, 0.6) is 0 Å². The molecule has 1 aromatic heterocycles. The Kier molecular flexibility index (Phi) is 4.98. The monoisotopic (exact) mass is 321 g/mol. The number of aromatic nitrogens is 3. The molecule has 6 heteroatoms. The second kappa shape index (κ2) is 7.52. The van der Waals surface area contributed by atoms with Gasteiger partial charge in [0.15, 0.2) is 0 Å². The first-order chi connectivity index (χ1) is 11.7. The van der Waals surface area contributed by atoms with Crippen LogP contribution in [0.4, 0.5) is 0 Å². The van der Waals surface area contributed by atoms with Crippen molar-refractivity contribution in [1.82, 2.24) is 20.1 Å². The summed E-state index contributed by atoms with van der Waals surface area (Å²) in [5, 5.41) is 7.39. The van der Waals surface area contributed by atoms with Gasteiger partial charge in [0.05, 0.1) is 6.54 Å². The summed E-state index contributed by atoms with van der Waals surface area (Å²) in [6.45, 7) is 1.16. The third kappa shape index (κ3) is 3.85. The molecular formula is C18H19N5O. The molecule has 1 atom stereocenters. The lowest BCUT2D eigenvalue weighted by Crippen LogP contribution is -2.33. The van der Waals surface area contributed by atoms with Crippen molar-refractivity contribution in [3.8, 4) is 0 Å². The number of benzene rings is 2. The standard InChI is InChI=1S/C18H19N5O/c19-18(24)17(14-6-2-1-3-7-14)21-10-15-8-4-5-9-16(15)11-23-13-20-12-22-23/h1-9,12-13,17,21H,10-11H2,(H2,19,24)/t17-/m0/s1. The third-order valence-electron chi connectivity index (χ3n) is 3.83. The smallest absolute Gasteiger partial charge is 0.239 e. The van der Waals surface area contributed by atoms with E-state index >= 15 is 0 Å². The number of hydrogen-bond donors (Lipinski definition) is 2. The number of nitrogens with zero attached hydrogens (tertiary/aromatic N) is 3. The van der Waals surface area contributed by atoms with Gasteiger partial charge in [0, 0.05) is 6.54 Å². The molecule has 0 fully saturated rings. The predicted molar refractivity (Wildman–Crippen MR) is 90.8 cm³/mol. The van der Waals surface area contributed by atoms with E-state index in [4.69, 9.17) is 5.73 Å². The van der Waals surface area contributed by atoms with Gasteiger partial charge in [-0.05, 0) is 16.7 Å². The van der Waals surface area contributed by atoms with Crippen LogP contribution in [0, 0.1) is 0 Å². The van der Waals surface area contributed by atoms with E-state index in [2.05, 4.69) is 15.4 Å². The van der Waals surface area contributed by atoms with Gasteiger partial charge in [0.1, 0.15) is 18.7 Å². The van der Waals surface area contributed by atoms with Crippen LogP contribution in [0.1, 0.15) is 22.7 Å². The Labute approximate surface area is 140 Å². The minimum Gasteiger partial charge on any atom is -0.368 e. The highest BCUT2D eigenvalue weighted by molar-refractivity contribution is 5.81. The minimum absolute atomic E-state index is 0.394. The second-order valence-electron chi connectivity index (χ2n) is 5.49. The van der Waals surface area contributed by atoms with Gasteiger partial charge in [0.25, 0.3) is 0 Å². The van der Waals surface area contributed by atoms with Gasteiger partial charge in [-0.2, -0.15) is 5.10 Å². The Morgan fingerprint density at radius 1 is 1.08 bits per heavy atom. The van der Waals surface area contributed by atoms with Gasteiger partial charge in [-0.3, -0.25) is 10.1 Å². The Hall–Kier alpha value is -2.99. The number of rotatable bonds is 7. The summed E-state index contributed by atoms with van der Waals surface area (Å²) in [6, 6.07) is 17.0. The van der Waals surface area contributed by atoms with Gasteiger partial charge in [-0.1, -0.05) is 54.6 Å². The topological polar surface area (TPSA) is 85.8 Å². The van der Waals surface area contributed by atoms with Crippen molar-refractivity contribution in [2.45, 2.75) is 19.1 Å². The molecule has 0 aliphatic heterocycles. The van der Waals surface area contributed by atoms with Gasteiger partial charge in [-0.25, -0.2) is 9.67 Å². The molecule has 122 valence electrons. The van der Waals surface area contributed by atoms with Crippen LogP contribution in [0.25, 0.3) is 0 Å². The van der Waals surface area contributed by atoms with Crippen LogP contribution in [0.15, 0.2) is 67.3 Å². The van der Waals surface area contributed by atoms with Crippen molar-refractivity contribution >= 4 is 5.91 Å². The summed E-state index contributed by atoms with van der Waals surface area (Å²) in [4.78, 5) is 15.8. The number of amides is 1. The summed E-state index contributed by atoms with van der Waals surface area (Å²) in [5.74, 6) is -0.394. The Bertz CT molecular complexity index is 786. The fraction of sp³-hybridized carbons (Fsp3) is 0.167. The molecule has 2 aromatic carbocycles. The zero-order valence-corrected chi connectivity index (χ0v) is 13.2. The van der Waals surface area contributed by atoms with Crippen LogP contribution in [-0.2, 0) is 17.9 Å². The maximum atomic E-state index is 11.8. The van der Waals surface area contributed by atoms with E-state index in [9.17, 15) is 4.79 Å². The van der Waals surface area contributed by atoms with Crippen LogP contribution < -0.4 is 11.1 Å². The summed E-state index contributed by atoms with van der Waals surface area (Å²) in [6.07, 6.45) is 3.19. The molecule has 0 spiro atoms. The van der Waals surface area contributed by atoms with Gasteiger partial charge in [0.2, 0.25) is 5.91 Å². The van der Waals surface area contributed by atoms with Crippen LogP contribution in [-0.4, -0.2) is 20.7 Å². The number of carbonyl (C=O) groups excluding carboxylic acids is 1. The lowest BCUT2D eigenvalue weighted by molar-refractivity contribution is -0.120. The molecule has 0 saturated carbocycles. The van der Waals surface area contributed by atoms with E-state index in [0.29, 0.717) is 13.1 Å². The lowest BCUT2D eigenvalue weighted by Gasteiger charge is -2.17. The molecule has 0 saturated heterocycles. The molecule has 3 N–H and O–H groups in total. The fourth-order valence-electron chi connectivity index (χ4n) is 2.61. The van der Waals surface area contributed by atoms with Crippen LogP contribution in [0.2, 0.25) is 0 Å². The maximum Gasteiger partial charge on any atom is 0.239 e. The first-order valence-corrected chi connectivity index (χ1v) is 7.71. The van der Waals surface area contributed by atoms with Crippen molar-refractivity contribution < 1.29 is 4.79 Å². The van der Waals surface area contributed by atoms with E-state index in [1.807, 2.05) is 54.6 Å². The van der Waals surface area contributed by atoms with Crippen molar-refractivity contribution in [2.75, 3.05) is 0 Å². The molecule has 0 aliphatic rings. The predicted octanol–water partition coefficient (Wildman–Crippen LogP) is 1.64. The quantitative estimate of drug-likeness (QED) is 0.693. The van der Waals surface area contributed by atoms with Crippen molar-refractivity contribution in [3.63, 3.8) is 0 Å². The SMILES string of the molecule is NC(=O)[C@@H](NCc1ccccc1Cn1cncn1)c1ccccc1. The molecule has 3 rings (SSSR count). The first-order valence-electron chi connectivity index (χ1n) is 7.71. The first kappa shape index (κ1) is 15.9. The van der Waals surface area contributed by atoms with Crippen LogP contribution >= 0.6 is 0 Å². The molecule has 3 aromatic rings. The molecule has 0 bridgehead atoms. The fourth-order valence-corrected chi connectivity index (χ4v) is 2.61. The number of primary amides is 1. The van der Waals surface area contributed by atoms with E-state index in [-0.39, 0.29) is 0 Å². The Morgan fingerprint density at radius 2 is 1.79 bits per heavy atom. The van der Waals surface area contributed by atoms with Crippen molar-refractivity contribution in [2.24, 2.45) is 5.73 Å². The maximum absolute atomic E-state index is 11.8. The molecule has 0 unspecified atom stereocenters. The highest BCUT2D eigenvalue weighted by Gasteiger charge is 2.17. The molecule has 1 heterocycles. The number of nitrogens with one attached hydrogen (secondary N) is 1. The summed E-state index contributed by atoms with van der Waals surface area (Å²) < 4.78 is 1.77. The molecular weight excluding hydrogens is 302 g/mol. The van der Waals surface area contributed by atoms with Gasteiger partial charge in [-0.15, -0.1) is 0 Å². The number of hydrogen-bond acceptors (Lipinski definition) is 4. The Morgan fingerprint density at radius 3 is 2.46 bits per heavy atom. The van der Waals surface area contributed by atoms with Crippen molar-refractivity contribution in [3.05, 3.63) is 83.9 Å². The summed E-state index contributed by atoms with van der Waals surface area (Å²) >= 11 is 0.